The molecule has 1 saturated heterocycles. The zero-order valence-corrected chi connectivity index (χ0v) is 17.5. The Hall–Kier alpha value is -2.65. The van der Waals surface area contributed by atoms with Gasteiger partial charge in [-0.15, -0.1) is 13.2 Å². The van der Waals surface area contributed by atoms with E-state index < -0.39 is 17.8 Å². The summed E-state index contributed by atoms with van der Waals surface area (Å²) in [6, 6.07) is 8.59. The number of nitrogens with zero attached hydrogens (tertiary/aromatic N) is 2. The van der Waals surface area contributed by atoms with Crippen LogP contribution in [0.3, 0.4) is 0 Å². The third-order valence-electron chi connectivity index (χ3n) is 5.00. The molecule has 0 radical (unpaired) electrons. The van der Waals surface area contributed by atoms with Gasteiger partial charge in [-0.1, -0.05) is 12.1 Å². The number of rotatable bonds is 8. The van der Waals surface area contributed by atoms with Crippen molar-refractivity contribution in [2.24, 2.45) is 4.99 Å². The van der Waals surface area contributed by atoms with Crippen LogP contribution in [0, 0.1) is 12.7 Å². The van der Waals surface area contributed by atoms with E-state index in [9.17, 15) is 17.6 Å². The first-order valence-electron chi connectivity index (χ1n) is 9.73. The predicted octanol–water partition coefficient (Wildman–Crippen LogP) is 5.09. The molecule has 0 spiro atoms. The molecule has 31 heavy (non-hydrogen) atoms. The maximum absolute atomic E-state index is 14.7. The second-order valence-corrected chi connectivity index (χ2v) is 7.41. The highest BCUT2D eigenvalue weighted by Gasteiger charge is 2.43. The molecule has 2 aromatic rings. The molecule has 5 nitrogen and oxygen atoms in total. The summed E-state index contributed by atoms with van der Waals surface area (Å²) in [5, 5.41) is 0. The van der Waals surface area contributed by atoms with Crippen molar-refractivity contribution in [1.29, 1.82) is 0 Å². The van der Waals surface area contributed by atoms with Gasteiger partial charge in [-0.25, -0.2) is 9.38 Å². The lowest BCUT2D eigenvalue weighted by Gasteiger charge is -2.42. The number of benzene rings is 2. The summed E-state index contributed by atoms with van der Waals surface area (Å²) in [5.41, 5.74) is 1.24. The molecule has 2 aromatic carbocycles. The van der Waals surface area contributed by atoms with Crippen LogP contribution in [0.5, 0.6) is 5.75 Å². The monoisotopic (exact) mass is 440 g/mol. The van der Waals surface area contributed by atoms with Crippen molar-refractivity contribution in [2.45, 2.75) is 32.4 Å². The van der Waals surface area contributed by atoms with Gasteiger partial charge in [0.15, 0.2) is 0 Å². The Balaban J connectivity index is 1.78. The van der Waals surface area contributed by atoms with E-state index in [1.807, 2.05) is 25.8 Å². The number of alkyl halides is 3. The van der Waals surface area contributed by atoms with Crippen LogP contribution < -0.4 is 4.74 Å². The molecule has 1 fully saturated rings. The van der Waals surface area contributed by atoms with E-state index in [1.165, 1.54) is 24.3 Å². The molecule has 0 aliphatic carbocycles. The highest BCUT2D eigenvalue weighted by Crippen LogP contribution is 2.39. The fourth-order valence-electron chi connectivity index (χ4n) is 3.16. The Morgan fingerprint density at radius 3 is 2.58 bits per heavy atom. The van der Waals surface area contributed by atoms with E-state index in [4.69, 9.17) is 9.47 Å². The van der Waals surface area contributed by atoms with Gasteiger partial charge in [0.05, 0.1) is 26.2 Å². The number of halogens is 4. The Morgan fingerprint density at radius 2 is 1.97 bits per heavy atom. The molecule has 1 aliphatic rings. The molecular weight excluding hydrogens is 416 g/mol. The summed E-state index contributed by atoms with van der Waals surface area (Å²) in [6.07, 6.45) is -3.21. The van der Waals surface area contributed by atoms with Gasteiger partial charge in [0.25, 0.3) is 0 Å². The van der Waals surface area contributed by atoms with Crippen LogP contribution in [0.2, 0.25) is 0 Å². The van der Waals surface area contributed by atoms with E-state index in [2.05, 4.69) is 9.73 Å². The SMILES string of the molecule is CCN(C)C=Nc1cc(C)c(C2(OCc3cccc(OC(F)(F)F)c3)COC2)cc1F. The van der Waals surface area contributed by atoms with E-state index in [1.54, 1.807) is 18.5 Å². The van der Waals surface area contributed by atoms with E-state index in [0.29, 0.717) is 11.1 Å². The van der Waals surface area contributed by atoms with Crippen LogP contribution in [0.25, 0.3) is 0 Å². The zero-order valence-electron chi connectivity index (χ0n) is 17.5. The average Bonchev–Trinajstić information content (AvgIpc) is 2.67. The van der Waals surface area contributed by atoms with Crippen LogP contribution in [-0.4, -0.2) is 44.4 Å². The van der Waals surface area contributed by atoms with Gasteiger partial charge in [0.2, 0.25) is 0 Å². The minimum atomic E-state index is -4.77. The summed E-state index contributed by atoms with van der Waals surface area (Å²) in [4.78, 5) is 6.01. The number of hydrogen-bond acceptors (Lipinski definition) is 4. The predicted molar refractivity (Wildman–Crippen MR) is 108 cm³/mol. The van der Waals surface area contributed by atoms with Crippen molar-refractivity contribution >= 4 is 12.0 Å². The van der Waals surface area contributed by atoms with Crippen molar-refractivity contribution < 1.29 is 31.8 Å². The minimum Gasteiger partial charge on any atom is -0.406 e. The number of ether oxygens (including phenoxy) is 3. The summed E-state index contributed by atoms with van der Waals surface area (Å²) < 4.78 is 67.4. The minimum absolute atomic E-state index is 0.0146. The largest absolute Gasteiger partial charge is 0.573 e. The van der Waals surface area contributed by atoms with Crippen LogP contribution in [0.15, 0.2) is 41.4 Å². The molecule has 0 unspecified atom stereocenters. The van der Waals surface area contributed by atoms with Crippen LogP contribution in [0.1, 0.15) is 23.6 Å². The lowest BCUT2D eigenvalue weighted by atomic mass is 9.87. The molecule has 0 atom stereocenters. The van der Waals surface area contributed by atoms with Crippen molar-refractivity contribution in [3.63, 3.8) is 0 Å². The first kappa shape index (κ1) is 23.0. The van der Waals surface area contributed by atoms with Crippen LogP contribution in [-0.2, 0) is 21.7 Å². The molecular formula is C22H24F4N2O3. The highest BCUT2D eigenvalue weighted by molar-refractivity contribution is 5.62. The molecule has 0 amide bonds. The number of aliphatic imine (C=N–C) groups is 1. The first-order valence-corrected chi connectivity index (χ1v) is 9.73. The molecule has 0 N–H and O–H groups in total. The Morgan fingerprint density at radius 1 is 1.23 bits per heavy atom. The van der Waals surface area contributed by atoms with Crippen LogP contribution >= 0.6 is 0 Å². The Kier molecular flexibility index (Phi) is 6.86. The fraction of sp³-hybridized carbons (Fsp3) is 0.409. The molecule has 0 aromatic heterocycles. The van der Waals surface area contributed by atoms with Gasteiger partial charge in [-0.3, -0.25) is 0 Å². The summed E-state index contributed by atoms with van der Waals surface area (Å²) >= 11 is 0. The second kappa shape index (κ2) is 9.23. The third kappa shape index (κ3) is 5.74. The molecule has 0 bridgehead atoms. The van der Waals surface area contributed by atoms with E-state index >= 15 is 0 Å². The summed E-state index contributed by atoms with van der Waals surface area (Å²) in [5.74, 6) is -0.814. The highest BCUT2D eigenvalue weighted by atomic mass is 19.4. The molecule has 168 valence electrons. The van der Waals surface area contributed by atoms with Gasteiger partial charge in [-0.05, 0) is 54.8 Å². The number of aryl methyl sites for hydroxylation is 1. The summed E-state index contributed by atoms with van der Waals surface area (Å²) in [6.45, 7) is 4.98. The molecule has 1 heterocycles. The van der Waals surface area contributed by atoms with Gasteiger partial charge >= 0.3 is 6.36 Å². The normalized spacial score (nSPS) is 15.7. The van der Waals surface area contributed by atoms with Crippen molar-refractivity contribution in [1.82, 2.24) is 4.90 Å². The van der Waals surface area contributed by atoms with E-state index in [-0.39, 0.29) is 31.3 Å². The lowest BCUT2D eigenvalue weighted by molar-refractivity contribution is -0.274. The van der Waals surface area contributed by atoms with Crippen LogP contribution in [0.4, 0.5) is 23.2 Å². The van der Waals surface area contributed by atoms with Crippen molar-refractivity contribution in [3.05, 3.63) is 58.9 Å². The standard InChI is InChI=1S/C22H24F4N2O3/c1-4-28(3)14-27-20-8-15(2)18(10-19(20)23)21(12-29-13-21)30-11-16-6-5-7-17(9-16)31-22(24,25)26/h5-10,14H,4,11-13H2,1-3H3. The third-order valence-corrected chi connectivity index (χ3v) is 5.00. The van der Waals surface area contributed by atoms with Gasteiger partial charge in [0, 0.05) is 13.6 Å². The quantitative estimate of drug-likeness (QED) is 0.326. The number of hydrogen-bond donors (Lipinski definition) is 0. The van der Waals surface area contributed by atoms with Gasteiger partial charge in [0.1, 0.15) is 22.9 Å². The maximum atomic E-state index is 14.7. The Bertz CT molecular complexity index is 943. The molecule has 9 heteroatoms. The molecule has 1 aliphatic heterocycles. The van der Waals surface area contributed by atoms with E-state index in [0.717, 1.165) is 12.1 Å². The maximum Gasteiger partial charge on any atom is 0.573 e. The first-order chi connectivity index (χ1) is 14.6. The average molecular weight is 440 g/mol. The van der Waals surface area contributed by atoms with Gasteiger partial charge in [-0.2, -0.15) is 0 Å². The lowest BCUT2D eigenvalue weighted by Crippen LogP contribution is -2.49. The Labute approximate surface area is 178 Å². The smallest absolute Gasteiger partial charge is 0.406 e. The second-order valence-electron chi connectivity index (χ2n) is 7.41. The van der Waals surface area contributed by atoms with Crippen molar-refractivity contribution in [2.75, 3.05) is 26.8 Å². The van der Waals surface area contributed by atoms with Gasteiger partial charge < -0.3 is 19.1 Å². The van der Waals surface area contributed by atoms with Crippen molar-refractivity contribution in [3.8, 4) is 5.75 Å². The zero-order chi connectivity index (χ0) is 22.6. The fourth-order valence-corrected chi connectivity index (χ4v) is 3.16. The molecule has 0 saturated carbocycles. The molecule has 3 rings (SSSR count). The topological polar surface area (TPSA) is 43.3 Å². The summed E-state index contributed by atoms with van der Waals surface area (Å²) in [7, 11) is 1.84.